The Morgan fingerprint density at radius 2 is 1.81 bits per heavy atom. The lowest BCUT2D eigenvalue weighted by Gasteiger charge is -2.63. The lowest BCUT2D eigenvalue weighted by molar-refractivity contribution is -0.257. The number of rotatable bonds is 14. The third-order valence-electron chi connectivity index (χ3n) is 15.5. The number of hydrogen-bond acceptors (Lipinski definition) is 6. The number of esters is 1. The first-order chi connectivity index (χ1) is 25.8. The van der Waals surface area contributed by atoms with Gasteiger partial charge in [-0.25, -0.2) is 0 Å². The number of benzene rings is 1. The van der Waals surface area contributed by atoms with Crippen LogP contribution in [0.2, 0.25) is 0 Å². The molecule has 1 heterocycles. The molecule has 7 aliphatic rings. The molecule has 6 nitrogen and oxygen atoms in total. The Morgan fingerprint density at radius 1 is 1.04 bits per heavy atom. The molecule has 8 rings (SSSR count). The Morgan fingerprint density at radius 3 is 2.51 bits per heavy atom. The van der Waals surface area contributed by atoms with E-state index in [1.807, 2.05) is 24.3 Å². The van der Waals surface area contributed by atoms with Crippen molar-refractivity contribution in [3.8, 4) is 0 Å². The van der Waals surface area contributed by atoms with Crippen molar-refractivity contribution in [3.05, 3.63) is 84.5 Å². The molecule has 0 spiro atoms. The van der Waals surface area contributed by atoms with Crippen molar-refractivity contribution in [1.82, 2.24) is 0 Å². The third kappa shape index (κ3) is 5.90. The molecule has 4 saturated carbocycles. The van der Waals surface area contributed by atoms with Crippen LogP contribution >= 0.6 is 0 Å². The van der Waals surface area contributed by atoms with Gasteiger partial charge in [0.2, 0.25) is 0 Å². The molecule has 1 N–H and O–H groups in total. The van der Waals surface area contributed by atoms with Gasteiger partial charge < -0.3 is 24.1 Å². The van der Waals surface area contributed by atoms with E-state index in [1.54, 1.807) is 0 Å². The highest BCUT2D eigenvalue weighted by atomic mass is 16.7. The highest BCUT2D eigenvalue weighted by molar-refractivity contribution is 5.87. The zero-order valence-corrected chi connectivity index (χ0v) is 32.5. The fraction of sp³-hybridized carbons (Fsp3) is 0.681. The predicted molar refractivity (Wildman–Crippen MR) is 207 cm³/mol. The topological polar surface area (TPSA) is 74.2 Å². The van der Waals surface area contributed by atoms with Gasteiger partial charge in [0.1, 0.15) is 11.5 Å². The SMILES string of the molecule is C=CC(C[C@@H](O)C12C[C@@H]3[C@H](C)CC[C@H]3C3(C4OCCO4)CC1C=C(C(C)C)C23C(=O)OC(c1ccccc1)C1C=CC=CC1)OCCC1CCCCC1. The minimum atomic E-state index is -1.12. The van der Waals surface area contributed by atoms with E-state index in [-0.39, 0.29) is 35.7 Å². The molecule has 0 radical (unpaired) electrons. The van der Waals surface area contributed by atoms with Crippen LogP contribution in [-0.2, 0) is 23.7 Å². The number of aliphatic hydroxyl groups is 1. The third-order valence-corrected chi connectivity index (χ3v) is 15.5. The summed E-state index contributed by atoms with van der Waals surface area (Å²) < 4.78 is 27.0. The van der Waals surface area contributed by atoms with Crippen LogP contribution < -0.4 is 0 Å². The van der Waals surface area contributed by atoms with Crippen LogP contribution in [0.1, 0.15) is 109 Å². The van der Waals surface area contributed by atoms with Crippen molar-refractivity contribution in [1.29, 1.82) is 0 Å². The zero-order chi connectivity index (χ0) is 36.8. The van der Waals surface area contributed by atoms with Crippen LogP contribution in [0.15, 0.2) is 78.9 Å². The molecule has 5 fully saturated rings. The maximum absolute atomic E-state index is 16.2. The van der Waals surface area contributed by atoms with Gasteiger partial charge in [0.05, 0.1) is 25.4 Å². The zero-order valence-electron chi connectivity index (χ0n) is 32.5. The average Bonchev–Trinajstić information content (AvgIpc) is 3.96. The molecule has 1 aromatic carbocycles. The van der Waals surface area contributed by atoms with Gasteiger partial charge in [-0.2, -0.15) is 0 Å². The largest absolute Gasteiger partial charge is 0.456 e. The van der Waals surface area contributed by atoms with Crippen molar-refractivity contribution in [2.75, 3.05) is 19.8 Å². The van der Waals surface area contributed by atoms with Gasteiger partial charge in [-0.3, -0.25) is 4.79 Å². The molecule has 0 aromatic heterocycles. The van der Waals surface area contributed by atoms with Gasteiger partial charge >= 0.3 is 5.97 Å². The van der Waals surface area contributed by atoms with E-state index in [4.69, 9.17) is 18.9 Å². The Hall–Kier alpha value is -2.51. The Bertz CT molecular complexity index is 1550. The number of allylic oxidation sites excluding steroid dienone is 4. The normalized spacial score (nSPS) is 38.1. The standard InChI is InChI=1S/C47H64O6/c1-5-37(50-24-23-33-15-9-6-10-16-33)28-41(48)45-30-38-32(4)21-22-39(38)46(44-51-25-26-52-44)29-36(45)27-40(31(2)3)47(45,46)43(49)53-42(34-17-11-7-12-18-34)35-19-13-8-14-20-35/h5,7-8,11-14,17-19,27,31-33,35-39,41-42,44,48H,1,6,9-10,15-16,20-26,28-30H2,2-4H3/t32-,35?,36?,37?,38-,39-,41-,42?,45?,46?,47?/m1/s1. The first kappa shape index (κ1) is 37.4. The number of carbonyl (C=O) groups is 1. The maximum Gasteiger partial charge on any atom is 0.318 e. The van der Waals surface area contributed by atoms with Crippen LogP contribution in [-0.4, -0.2) is 49.4 Å². The van der Waals surface area contributed by atoms with Crippen molar-refractivity contribution in [3.63, 3.8) is 0 Å². The van der Waals surface area contributed by atoms with Gasteiger partial charge in [-0.1, -0.05) is 132 Å². The molecular weight excluding hydrogens is 661 g/mol. The molecule has 53 heavy (non-hydrogen) atoms. The van der Waals surface area contributed by atoms with Crippen molar-refractivity contribution in [2.45, 2.75) is 122 Å². The van der Waals surface area contributed by atoms with Gasteiger partial charge in [0.15, 0.2) is 6.29 Å². The van der Waals surface area contributed by atoms with Crippen LogP contribution in [0.5, 0.6) is 0 Å². The van der Waals surface area contributed by atoms with Crippen molar-refractivity contribution in [2.24, 2.45) is 57.7 Å². The van der Waals surface area contributed by atoms with Gasteiger partial charge in [0, 0.05) is 29.8 Å². The van der Waals surface area contributed by atoms with Crippen molar-refractivity contribution >= 4 is 5.97 Å². The Balaban J connectivity index is 1.23. The monoisotopic (exact) mass is 724 g/mol. The second kappa shape index (κ2) is 15.2. The van der Waals surface area contributed by atoms with E-state index in [1.165, 1.54) is 32.1 Å². The first-order valence-corrected chi connectivity index (χ1v) is 21.2. The van der Waals surface area contributed by atoms with E-state index >= 15 is 4.79 Å². The summed E-state index contributed by atoms with van der Waals surface area (Å²) >= 11 is 0. The summed E-state index contributed by atoms with van der Waals surface area (Å²) in [5, 5.41) is 13.2. The molecule has 0 amide bonds. The molecule has 1 saturated heterocycles. The average molecular weight is 725 g/mol. The molecule has 6 aliphatic carbocycles. The van der Waals surface area contributed by atoms with E-state index < -0.39 is 34.7 Å². The Kier molecular flexibility index (Phi) is 10.7. The minimum Gasteiger partial charge on any atom is -0.456 e. The number of aliphatic hydroxyl groups excluding tert-OH is 1. The number of ether oxygens (including phenoxy) is 4. The molecular formula is C47H64O6. The number of hydrogen-bond donors (Lipinski definition) is 1. The highest BCUT2D eigenvalue weighted by Gasteiger charge is 2.88. The summed E-state index contributed by atoms with van der Waals surface area (Å²) in [5.41, 5.74) is -0.431. The van der Waals surface area contributed by atoms with E-state index in [0.717, 1.165) is 55.6 Å². The molecule has 4 bridgehead atoms. The molecule has 7 unspecified atom stereocenters. The fourth-order valence-electron chi connectivity index (χ4n) is 13.3. The quantitative estimate of drug-likeness (QED) is 0.152. The van der Waals surface area contributed by atoms with Gasteiger partial charge in [-0.05, 0) is 73.2 Å². The van der Waals surface area contributed by atoms with Gasteiger partial charge in [-0.15, -0.1) is 6.58 Å². The predicted octanol–water partition coefficient (Wildman–Crippen LogP) is 9.71. The van der Waals surface area contributed by atoms with Crippen molar-refractivity contribution < 1.29 is 28.8 Å². The first-order valence-electron chi connectivity index (χ1n) is 21.2. The lowest BCUT2D eigenvalue weighted by atomic mass is 9.40. The molecule has 11 atom stereocenters. The van der Waals surface area contributed by atoms with Crippen LogP contribution in [0.4, 0.5) is 0 Å². The van der Waals surface area contributed by atoms with Gasteiger partial charge in [0.25, 0.3) is 0 Å². The summed E-state index contributed by atoms with van der Waals surface area (Å²) in [6.07, 6.45) is 23.2. The van der Waals surface area contributed by atoms with Crippen LogP contribution in [0.25, 0.3) is 0 Å². The second-order valence-corrected chi connectivity index (χ2v) is 18.2. The maximum atomic E-state index is 16.2. The minimum absolute atomic E-state index is 0.00504. The fourth-order valence-corrected chi connectivity index (χ4v) is 13.3. The lowest BCUT2D eigenvalue weighted by Crippen LogP contribution is -2.68. The van der Waals surface area contributed by atoms with Crippen LogP contribution in [0, 0.1) is 57.7 Å². The number of carbonyl (C=O) groups excluding carboxylic acids is 1. The van der Waals surface area contributed by atoms with E-state index in [2.05, 4.69) is 69.9 Å². The molecule has 6 heteroatoms. The molecule has 288 valence electrons. The summed E-state index contributed by atoms with van der Waals surface area (Å²) in [7, 11) is 0. The summed E-state index contributed by atoms with van der Waals surface area (Å²) in [4.78, 5) is 16.2. The van der Waals surface area contributed by atoms with E-state index in [0.29, 0.717) is 38.1 Å². The summed E-state index contributed by atoms with van der Waals surface area (Å²) in [5.74, 6) is 1.67. The second-order valence-electron chi connectivity index (χ2n) is 18.2. The summed E-state index contributed by atoms with van der Waals surface area (Å²) in [6.45, 7) is 12.7. The van der Waals surface area contributed by atoms with Crippen LogP contribution in [0.3, 0.4) is 0 Å². The Labute approximate surface area is 318 Å². The highest BCUT2D eigenvalue weighted by Crippen LogP contribution is 2.85. The smallest absolute Gasteiger partial charge is 0.318 e. The molecule has 1 aromatic rings. The molecule has 1 aliphatic heterocycles. The summed E-state index contributed by atoms with van der Waals surface area (Å²) in [6, 6.07) is 10.3. The van der Waals surface area contributed by atoms with E-state index in [9.17, 15) is 5.11 Å². The number of fused-ring (bicyclic) bond motifs is 2.